The number of rotatable bonds is 4. The van der Waals surface area contributed by atoms with Crippen LogP contribution in [0.5, 0.6) is 0 Å². The Hall–Kier alpha value is -1.68. The number of nitrogens with two attached hydrogens (primary N) is 1. The summed E-state index contributed by atoms with van der Waals surface area (Å²) in [6.45, 7) is 0.531. The van der Waals surface area contributed by atoms with Gasteiger partial charge in [-0.1, -0.05) is 0 Å². The zero-order chi connectivity index (χ0) is 15.3. The molecule has 4 aromatic heterocycles. The van der Waals surface area contributed by atoms with E-state index >= 15 is 0 Å². The number of aromatic nitrogens is 3. The molecular weight excluding hydrogens is 340 g/mol. The molecule has 6 nitrogen and oxygen atoms in total. The molecule has 0 aliphatic rings. The van der Waals surface area contributed by atoms with Crippen LogP contribution in [0.25, 0.3) is 15.2 Å². The van der Waals surface area contributed by atoms with E-state index in [1.807, 2.05) is 11.6 Å². The Balaban J connectivity index is 1.88. The summed E-state index contributed by atoms with van der Waals surface area (Å²) in [5.41, 5.74) is 6.64. The number of thiophene rings is 1. The fraction of sp³-hybridized carbons (Fsp3) is 0.154. The van der Waals surface area contributed by atoms with Gasteiger partial charge in [0.25, 0.3) is 0 Å². The van der Waals surface area contributed by atoms with Gasteiger partial charge in [0.05, 0.1) is 6.20 Å². The van der Waals surface area contributed by atoms with Crippen LogP contribution in [0.4, 0.5) is 0 Å². The maximum absolute atomic E-state index is 12.9. The molecule has 0 amide bonds. The van der Waals surface area contributed by atoms with Gasteiger partial charge >= 0.3 is 0 Å². The molecule has 4 aromatic rings. The van der Waals surface area contributed by atoms with Gasteiger partial charge in [0, 0.05) is 23.2 Å². The molecule has 0 fully saturated rings. The van der Waals surface area contributed by atoms with Crippen molar-refractivity contribution in [3.8, 4) is 0 Å². The van der Waals surface area contributed by atoms with Gasteiger partial charge in [-0.05, 0) is 24.6 Å². The topological polar surface area (TPSA) is 93.2 Å². The van der Waals surface area contributed by atoms with E-state index in [2.05, 4.69) is 9.97 Å². The minimum Gasteiger partial charge on any atom is -0.353 e. The molecule has 4 heterocycles. The van der Waals surface area contributed by atoms with Crippen molar-refractivity contribution in [2.75, 3.05) is 6.54 Å². The Morgan fingerprint density at radius 3 is 3.09 bits per heavy atom. The summed E-state index contributed by atoms with van der Waals surface area (Å²) in [7, 11) is -3.58. The number of sulfone groups is 1. The second-order valence-electron chi connectivity index (χ2n) is 4.82. The first-order valence-electron chi connectivity index (χ1n) is 6.57. The maximum atomic E-state index is 12.9. The highest BCUT2D eigenvalue weighted by atomic mass is 32.2. The Morgan fingerprint density at radius 1 is 1.41 bits per heavy atom. The van der Waals surface area contributed by atoms with Gasteiger partial charge in [-0.15, -0.1) is 22.7 Å². The molecular formula is C13H12N4O2S3. The summed E-state index contributed by atoms with van der Waals surface area (Å²) in [6.07, 6.45) is 5.74. The van der Waals surface area contributed by atoms with Crippen LogP contribution < -0.4 is 5.73 Å². The van der Waals surface area contributed by atoms with Crippen LogP contribution in [0.2, 0.25) is 0 Å². The van der Waals surface area contributed by atoms with Crippen molar-refractivity contribution < 1.29 is 8.42 Å². The minimum absolute atomic E-state index is 0.202. The Kier molecular flexibility index (Phi) is 3.12. The van der Waals surface area contributed by atoms with Crippen LogP contribution >= 0.6 is 22.7 Å². The lowest BCUT2D eigenvalue weighted by atomic mass is 10.2. The van der Waals surface area contributed by atoms with Gasteiger partial charge < -0.3 is 10.7 Å². The summed E-state index contributed by atoms with van der Waals surface area (Å²) >= 11 is 2.64. The van der Waals surface area contributed by atoms with Gasteiger partial charge in [-0.3, -0.25) is 4.40 Å². The largest absolute Gasteiger partial charge is 0.353 e. The third-order valence-corrected chi connectivity index (χ3v) is 7.54. The van der Waals surface area contributed by atoms with Crippen LogP contribution in [0.15, 0.2) is 39.3 Å². The van der Waals surface area contributed by atoms with E-state index in [-0.39, 0.29) is 5.03 Å². The fourth-order valence-corrected chi connectivity index (χ4v) is 6.01. The van der Waals surface area contributed by atoms with Gasteiger partial charge in [0.2, 0.25) is 9.84 Å². The zero-order valence-corrected chi connectivity index (χ0v) is 13.8. The second kappa shape index (κ2) is 4.92. The van der Waals surface area contributed by atoms with Crippen molar-refractivity contribution in [3.05, 3.63) is 35.6 Å². The van der Waals surface area contributed by atoms with Crippen LogP contribution in [0.1, 0.15) is 5.56 Å². The van der Waals surface area contributed by atoms with Crippen LogP contribution in [-0.4, -0.2) is 29.3 Å². The Labute approximate surface area is 134 Å². The van der Waals surface area contributed by atoms with E-state index in [0.29, 0.717) is 15.7 Å². The zero-order valence-electron chi connectivity index (χ0n) is 11.3. The van der Waals surface area contributed by atoms with Gasteiger partial charge in [0.1, 0.15) is 9.04 Å². The van der Waals surface area contributed by atoms with E-state index in [1.54, 1.807) is 16.7 Å². The Bertz CT molecular complexity index is 1070. The fourth-order valence-electron chi connectivity index (χ4n) is 2.45. The molecule has 0 aliphatic heterocycles. The lowest BCUT2D eigenvalue weighted by Crippen LogP contribution is -2.03. The number of hydrogen-bond acceptors (Lipinski definition) is 6. The molecule has 0 aliphatic carbocycles. The number of aromatic amines is 1. The first-order valence-corrected chi connectivity index (χ1v) is 9.74. The van der Waals surface area contributed by atoms with Crippen molar-refractivity contribution in [1.82, 2.24) is 14.4 Å². The quantitative estimate of drug-likeness (QED) is 0.589. The third-order valence-electron chi connectivity index (χ3n) is 3.50. The first kappa shape index (κ1) is 13.9. The molecule has 4 rings (SSSR count). The monoisotopic (exact) mass is 352 g/mol. The Morgan fingerprint density at radius 2 is 2.27 bits per heavy atom. The average Bonchev–Trinajstić information content (AvgIpc) is 3.19. The summed E-state index contributed by atoms with van der Waals surface area (Å²) < 4.78 is 27.6. The van der Waals surface area contributed by atoms with Crippen molar-refractivity contribution in [2.24, 2.45) is 5.73 Å². The van der Waals surface area contributed by atoms with Crippen molar-refractivity contribution >= 4 is 47.7 Å². The van der Waals surface area contributed by atoms with Gasteiger partial charge in [-0.2, -0.15) is 0 Å². The van der Waals surface area contributed by atoms with E-state index in [4.69, 9.17) is 5.73 Å². The van der Waals surface area contributed by atoms with E-state index in [0.717, 1.165) is 22.2 Å². The second-order valence-corrected chi connectivity index (χ2v) is 8.86. The standard InChI is InChI=1S/C13H12N4O2S3/c14-2-1-8-6-15-12-9(8)5-11(21-12)22(18,19)10-7-16-13-17(10)3-4-20-13/h3-7,15H,1-2,14H2. The lowest BCUT2D eigenvalue weighted by molar-refractivity contribution is 0.593. The lowest BCUT2D eigenvalue weighted by Gasteiger charge is -1.99. The van der Waals surface area contributed by atoms with Gasteiger partial charge in [0.15, 0.2) is 9.99 Å². The summed E-state index contributed by atoms with van der Waals surface area (Å²) in [6, 6.07) is 1.72. The summed E-state index contributed by atoms with van der Waals surface area (Å²) in [5.74, 6) is 0. The first-order chi connectivity index (χ1) is 10.6. The van der Waals surface area contributed by atoms with Crippen LogP contribution in [0, 0.1) is 0 Å². The molecule has 114 valence electrons. The average molecular weight is 352 g/mol. The van der Waals surface area contributed by atoms with Crippen molar-refractivity contribution in [3.63, 3.8) is 0 Å². The number of hydrogen-bond donors (Lipinski definition) is 2. The maximum Gasteiger partial charge on any atom is 0.233 e. The SMILES string of the molecule is NCCc1c[nH]c2sc(S(=O)(=O)c3cnc4sccn34)cc12. The molecule has 9 heteroatoms. The molecule has 0 radical (unpaired) electrons. The number of nitrogens with zero attached hydrogens (tertiary/aromatic N) is 2. The molecule has 3 N–H and O–H groups in total. The highest BCUT2D eigenvalue weighted by Crippen LogP contribution is 2.34. The highest BCUT2D eigenvalue weighted by molar-refractivity contribution is 7.93. The molecule has 0 saturated carbocycles. The normalized spacial score (nSPS) is 12.6. The highest BCUT2D eigenvalue weighted by Gasteiger charge is 2.25. The van der Waals surface area contributed by atoms with E-state index < -0.39 is 9.84 Å². The molecule has 0 unspecified atom stereocenters. The molecule has 0 atom stereocenters. The van der Waals surface area contributed by atoms with Crippen molar-refractivity contribution in [2.45, 2.75) is 15.7 Å². The van der Waals surface area contributed by atoms with E-state index in [9.17, 15) is 8.42 Å². The van der Waals surface area contributed by atoms with Crippen molar-refractivity contribution in [1.29, 1.82) is 0 Å². The summed E-state index contributed by atoms with van der Waals surface area (Å²) in [5, 5.41) is 2.95. The predicted molar refractivity (Wildman–Crippen MR) is 87.5 cm³/mol. The number of nitrogens with one attached hydrogen (secondary N) is 1. The smallest absolute Gasteiger partial charge is 0.233 e. The molecule has 0 saturated heterocycles. The number of imidazole rings is 1. The third kappa shape index (κ3) is 1.93. The molecule has 0 aromatic carbocycles. The number of thiazole rings is 1. The minimum atomic E-state index is -3.58. The van der Waals surface area contributed by atoms with Crippen LogP contribution in [-0.2, 0) is 16.3 Å². The van der Waals surface area contributed by atoms with Crippen LogP contribution in [0.3, 0.4) is 0 Å². The summed E-state index contributed by atoms with van der Waals surface area (Å²) in [4.78, 5) is 8.79. The number of H-pyrrole nitrogens is 1. The number of fused-ring (bicyclic) bond motifs is 2. The molecule has 0 bridgehead atoms. The van der Waals surface area contributed by atoms with E-state index in [1.165, 1.54) is 28.9 Å². The van der Waals surface area contributed by atoms with Gasteiger partial charge in [-0.25, -0.2) is 13.4 Å². The molecule has 22 heavy (non-hydrogen) atoms. The predicted octanol–water partition coefficient (Wildman–Crippen LogP) is 2.27. The molecule has 0 spiro atoms.